The molecule has 0 aromatic heterocycles. The lowest BCUT2D eigenvalue weighted by atomic mass is 9.99. The first kappa shape index (κ1) is 10.8. The number of hydrogen-bond donors (Lipinski definition) is 4. The third-order valence-electron chi connectivity index (χ3n) is 2.08. The van der Waals surface area contributed by atoms with Crippen LogP contribution in [0.1, 0.15) is 0 Å². The maximum absolute atomic E-state index is 9.28. The molecule has 1 aliphatic heterocycles. The SMILES string of the molecule is CO[C@H]1OC(CO)[C@H](O)[C@@H](O)[C@H]1O. The molecule has 1 aliphatic rings. The van der Waals surface area contributed by atoms with Crippen LogP contribution in [0.3, 0.4) is 0 Å². The van der Waals surface area contributed by atoms with Gasteiger partial charge in [-0.05, 0) is 0 Å². The zero-order valence-electron chi connectivity index (χ0n) is 7.20. The van der Waals surface area contributed by atoms with Crippen LogP contribution in [-0.4, -0.2) is 64.8 Å². The molecule has 6 heteroatoms. The number of aliphatic hydroxyl groups excluding tert-OH is 4. The van der Waals surface area contributed by atoms with E-state index >= 15 is 0 Å². The number of hydrogen-bond acceptors (Lipinski definition) is 6. The predicted octanol–water partition coefficient (Wildman–Crippen LogP) is -2.57. The summed E-state index contributed by atoms with van der Waals surface area (Å²) in [5.74, 6) is 0. The minimum atomic E-state index is -1.36. The van der Waals surface area contributed by atoms with Crippen molar-refractivity contribution < 1.29 is 29.9 Å². The Kier molecular flexibility index (Phi) is 3.60. The second-order valence-corrected chi connectivity index (χ2v) is 2.93. The van der Waals surface area contributed by atoms with Gasteiger partial charge < -0.3 is 29.9 Å². The fourth-order valence-electron chi connectivity index (χ4n) is 1.26. The summed E-state index contributed by atoms with van der Waals surface area (Å²) in [6.45, 7) is -0.440. The minimum absolute atomic E-state index is 0.440. The number of aliphatic hydroxyl groups is 4. The second kappa shape index (κ2) is 4.32. The van der Waals surface area contributed by atoms with Crippen LogP contribution in [0.2, 0.25) is 0 Å². The first-order chi connectivity index (χ1) is 6.11. The Bertz CT molecular complexity index is 143. The summed E-state index contributed by atoms with van der Waals surface area (Å²) in [4.78, 5) is 0. The minimum Gasteiger partial charge on any atom is -0.394 e. The summed E-state index contributed by atoms with van der Waals surface area (Å²) in [6.07, 6.45) is -5.91. The van der Waals surface area contributed by atoms with Gasteiger partial charge in [0, 0.05) is 7.11 Å². The van der Waals surface area contributed by atoms with Crippen LogP contribution in [-0.2, 0) is 9.47 Å². The quantitative estimate of drug-likeness (QED) is 0.386. The highest BCUT2D eigenvalue weighted by Gasteiger charge is 2.43. The Morgan fingerprint density at radius 3 is 2.23 bits per heavy atom. The molecule has 1 fully saturated rings. The molecule has 5 atom stereocenters. The predicted molar refractivity (Wildman–Crippen MR) is 40.8 cm³/mol. The van der Waals surface area contributed by atoms with Crippen molar-refractivity contribution in [1.82, 2.24) is 0 Å². The second-order valence-electron chi connectivity index (χ2n) is 2.93. The molecule has 1 rings (SSSR count). The van der Waals surface area contributed by atoms with Crippen molar-refractivity contribution in [3.8, 4) is 0 Å². The largest absolute Gasteiger partial charge is 0.394 e. The van der Waals surface area contributed by atoms with E-state index < -0.39 is 37.3 Å². The summed E-state index contributed by atoms with van der Waals surface area (Å²) in [6, 6.07) is 0. The summed E-state index contributed by atoms with van der Waals surface area (Å²) in [5, 5.41) is 36.6. The van der Waals surface area contributed by atoms with Crippen LogP contribution < -0.4 is 0 Å². The van der Waals surface area contributed by atoms with Gasteiger partial charge in [-0.3, -0.25) is 0 Å². The Balaban J connectivity index is 2.66. The maximum atomic E-state index is 9.28. The van der Waals surface area contributed by atoms with E-state index in [1.165, 1.54) is 7.11 Å². The van der Waals surface area contributed by atoms with Crippen molar-refractivity contribution in [2.24, 2.45) is 0 Å². The Morgan fingerprint density at radius 2 is 1.77 bits per heavy atom. The molecule has 0 aromatic carbocycles. The van der Waals surface area contributed by atoms with Crippen molar-refractivity contribution in [3.05, 3.63) is 0 Å². The fraction of sp³-hybridized carbons (Fsp3) is 1.00. The average molecular weight is 194 g/mol. The molecule has 1 heterocycles. The van der Waals surface area contributed by atoms with Crippen molar-refractivity contribution in [2.45, 2.75) is 30.7 Å². The van der Waals surface area contributed by atoms with Crippen LogP contribution in [0.15, 0.2) is 0 Å². The van der Waals surface area contributed by atoms with E-state index in [4.69, 9.17) is 14.6 Å². The van der Waals surface area contributed by atoms with Crippen LogP contribution >= 0.6 is 0 Å². The normalized spacial score (nSPS) is 46.4. The summed E-state index contributed by atoms with van der Waals surface area (Å²) >= 11 is 0. The Morgan fingerprint density at radius 1 is 1.15 bits per heavy atom. The molecule has 4 N–H and O–H groups in total. The molecule has 0 radical (unpaired) electrons. The molecule has 0 saturated carbocycles. The monoisotopic (exact) mass is 194 g/mol. The zero-order chi connectivity index (χ0) is 10.0. The van der Waals surface area contributed by atoms with Gasteiger partial charge in [-0.25, -0.2) is 0 Å². The number of methoxy groups -OCH3 is 1. The standard InChI is InChI=1S/C7H14O6/c1-12-7-6(11)5(10)4(9)3(2-8)13-7/h3-11H,2H2,1H3/t3?,4-,5+,6+,7-/m0/s1. The number of ether oxygens (including phenoxy) is 2. The van der Waals surface area contributed by atoms with E-state index in [-0.39, 0.29) is 0 Å². The maximum Gasteiger partial charge on any atom is 0.186 e. The molecule has 0 amide bonds. The van der Waals surface area contributed by atoms with Gasteiger partial charge in [-0.15, -0.1) is 0 Å². The van der Waals surface area contributed by atoms with E-state index in [9.17, 15) is 15.3 Å². The van der Waals surface area contributed by atoms with Crippen LogP contribution in [0.25, 0.3) is 0 Å². The van der Waals surface area contributed by atoms with Crippen molar-refractivity contribution in [1.29, 1.82) is 0 Å². The van der Waals surface area contributed by atoms with E-state index in [2.05, 4.69) is 0 Å². The van der Waals surface area contributed by atoms with Gasteiger partial charge in [0.1, 0.15) is 24.4 Å². The highest BCUT2D eigenvalue weighted by Crippen LogP contribution is 2.20. The molecule has 0 aliphatic carbocycles. The molecule has 13 heavy (non-hydrogen) atoms. The van der Waals surface area contributed by atoms with Crippen LogP contribution in [0.5, 0.6) is 0 Å². The van der Waals surface area contributed by atoms with E-state index in [1.54, 1.807) is 0 Å². The highest BCUT2D eigenvalue weighted by molar-refractivity contribution is 4.88. The summed E-state index contributed by atoms with van der Waals surface area (Å²) in [7, 11) is 1.30. The molecule has 6 nitrogen and oxygen atoms in total. The molecule has 1 saturated heterocycles. The molecule has 0 spiro atoms. The summed E-state index contributed by atoms with van der Waals surface area (Å²) < 4.78 is 9.65. The topological polar surface area (TPSA) is 99.4 Å². The van der Waals surface area contributed by atoms with Gasteiger partial charge in [0.05, 0.1) is 6.61 Å². The lowest BCUT2D eigenvalue weighted by molar-refractivity contribution is -0.294. The zero-order valence-corrected chi connectivity index (χ0v) is 7.20. The van der Waals surface area contributed by atoms with Gasteiger partial charge in [-0.2, -0.15) is 0 Å². The van der Waals surface area contributed by atoms with E-state index in [1.807, 2.05) is 0 Å². The lowest BCUT2D eigenvalue weighted by Gasteiger charge is -2.38. The van der Waals surface area contributed by atoms with Crippen LogP contribution in [0, 0.1) is 0 Å². The van der Waals surface area contributed by atoms with Gasteiger partial charge in [0.25, 0.3) is 0 Å². The molecule has 78 valence electrons. The van der Waals surface area contributed by atoms with Gasteiger partial charge in [0.2, 0.25) is 0 Å². The fourth-order valence-corrected chi connectivity index (χ4v) is 1.26. The van der Waals surface area contributed by atoms with Gasteiger partial charge >= 0.3 is 0 Å². The molecular weight excluding hydrogens is 180 g/mol. The lowest BCUT2D eigenvalue weighted by Crippen LogP contribution is -2.58. The molecule has 0 aromatic rings. The summed E-state index contributed by atoms with van der Waals surface area (Å²) in [5.41, 5.74) is 0. The number of rotatable bonds is 2. The van der Waals surface area contributed by atoms with Gasteiger partial charge in [-0.1, -0.05) is 0 Å². The Hall–Kier alpha value is -0.240. The average Bonchev–Trinajstić information content (AvgIpc) is 2.15. The van der Waals surface area contributed by atoms with Gasteiger partial charge in [0.15, 0.2) is 6.29 Å². The molecule has 0 bridgehead atoms. The third-order valence-corrected chi connectivity index (χ3v) is 2.08. The smallest absolute Gasteiger partial charge is 0.186 e. The van der Waals surface area contributed by atoms with Crippen LogP contribution in [0.4, 0.5) is 0 Å². The first-order valence-electron chi connectivity index (χ1n) is 3.95. The Labute approximate surface area is 75.3 Å². The van der Waals surface area contributed by atoms with E-state index in [0.29, 0.717) is 0 Å². The van der Waals surface area contributed by atoms with Crippen molar-refractivity contribution >= 4 is 0 Å². The van der Waals surface area contributed by atoms with E-state index in [0.717, 1.165) is 0 Å². The third kappa shape index (κ3) is 1.98. The first-order valence-corrected chi connectivity index (χ1v) is 3.95. The van der Waals surface area contributed by atoms with Crippen molar-refractivity contribution in [2.75, 3.05) is 13.7 Å². The molecule has 1 unspecified atom stereocenters. The highest BCUT2D eigenvalue weighted by atomic mass is 16.7. The molecular formula is C7H14O6. The van der Waals surface area contributed by atoms with Crippen molar-refractivity contribution in [3.63, 3.8) is 0 Å².